The molecule has 196 valence electrons. The van der Waals surface area contributed by atoms with E-state index in [1.54, 1.807) is 16.7 Å². The summed E-state index contributed by atoms with van der Waals surface area (Å²) < 4.78 is 5.64. The third-order valence-electron chi connectivity index (χ3n) is 7.76. The molecule has 0 saturated carbocycles. The third kappa shape index (κ3) is 4.84. The molecule has 3 aliphatic rings. The lowest BCUT2D eigenvalue weighted by atomic mass is 9.70. The van der Waals surface area contributed by atoms with Gasteiger partial charge in [0.05, 0.1) is 24.2 Å². The second-order valence-corrected chi connectivity index (χ2v) is 12.2. The molecule has 1 spiro atoms. The maximum Gasteiger partial charge on any atom is 0.410 e. The summed E-state index contributed by atoms with van der Waals surface area (Å²) in [4.78, 5) is 29.2. The Morgan fingerprint density at radius 2 is 2.05 bits per heavy atom. The first-order valence-electron chi connectivity index (χ1n) is 13.0. The van der Waals surface area contributed by atoms with E-state index in [9.17, 15) is 10.1 Å². The van der Waals surface area contributed by atoms with Crippen LogP contribution in [0.4, 0.5) is 16.3 Å². The number of benzene rings is 1. The molecule has 3 heterocycles. The van der Waals surface area contributed by atoms with Crippen LogP contribution in [0, 0.1) is 11.3 Å². The highest BCUT2D eigenvalue weighted by molar-refractivity contribution is 7.98. The second kappa shape index (κ2) is 9.71. The average Bonchev–Trinajstić information content (AvgIpc) is 3.13. The van der Waals surface area contributed by atoms with Crippen molar-refractivity contribution >= 4 is 29.4 Å². The standard InChI is InChI=1S/C28H36N6O2S/c1-27(2,3)36-26(35)34-15-14-33(17-19(34)11-13-29)24-20-10-12-28(16-22(20)30-25(31-24)37-5)18-32(4)23-9-7-6-8-21(23)28/h6-9,19H,10-12,14-18H2,1-5H3/t19-,28?/m0/s1. The molecular weight excluding hydrogens is 484 g/mol. The van der Waals surface area contributed by atoms with Crippen LogP contribution in [-0.2, 0) is 23.0 Å². The van der Waals surface area contributed by atoms with Gasteiger partial charge < -0.3 is 19.4 Å². The zero-order chi connectivity index (χ0) is 26.4. The van der Waals surface area contributed by atoms with Crippen molar-refractivity contribution in [1.29, 1.82) is 5.26 Å². The fourth-order valence-electron chi connectivity index (χ4n) is 6.16. The molecule has 2 aliphatic heterocycles. The zero-order valence-corrected chi connectivity index (χ0v) is 23.3. The number of nitrogens with zero attached hydrogens (tertiary/aromatic N) is 6. The van der Waals surface area contributed by atoms with E-state index in [0.717, 1.165) is 42.5 Å². The molecule has 0 N–H and O–H groups in total. The minimum absolute atomic E-state index is 0.0679. The van der Waals surface area contributed by atoms with Crippen LogP contribution in [0.1, 0.15) is 50.4 Å². The highest BCUT2D eigenvalue weighted by Gasteiger charge is 2.45. The number of para-hydroxylation sites is 1. The highest BCUT2D eigenvalue weighted by atomic mass is 32.2. The van der Waals surface area contributed by atoms with Gasteiger partial charge in [-0.05, 0) is 51.5 Å². The second-order valence-electron chi connectivity index (χ2n) is 11.4. The number of hydrogen-bond acceptors (Lipinski definition) is 8. The van der Waals surface area contributed by atoms with Crippen molar-refractivity contribution in [1.82, 2.24) is 14.9 Å². The molecule has 0 bridgehead atoms. The molecule has 2 aromatic rings. The predicted molar refractivity (Wildman–Crippen MR) is 146 cm³/mol. The lowest BCUT2D eigenvalue weighted by molar-refractivity contribution is 0.0144. The van der Waals surface area contributed by atoms with Crippen molar-refractivity contribution < 1.29 is 9.53 Å². The summed E-state index contributed by atoms with van der Waals surface area (Å²) in [5, 5.41) is 10.3. The number of carbonyl (C=O) groups is 1. The number of nitriles is 1. The Morgan fingerprint density at radius 1 is 1.27 bits per heavy atom. The molecular formula is C28H36N6O2S. The third-order valence-corrected chi connectivity index (χ3v) is 8.30. The van der Waals surface area contributed by atoms with Crippen LogP contribution in [0.3, 0.4) is 0 Å². The fourth-order valence-corrected chi connectivity index (χ4v) is 6.54. The number of piperazine rings is 1. The summed E-state index contributed by atoms with van der Waals surface area (Å²) in [6.45, 7) is 8.30. The van der Waals surface area contributed by atoms with Gasteiger partial charge in [-0.3, -0.25) is 0 Å². The van der Waals surface area contributed by atoms with Crippen LogP contribution in [0.15, 0.2) is 29.4 Å². The molecule has 8 nitrogen and oxygen atoms in total. The van der Waals surface area contributed by atoms with Crippen molar-refractivity contribution in [2.24, 2.45) is 0 Å². The van der Waals surface area contributed by atoms with Gasteiger partial charge in [0.2, 0.25) is 0 Å². The van der Waals surface area contributed by atoms with Gasteiger partial charge in [-0.1, -0.05) is 30.0 Å². The maximum atomic E-state index is 12.9. The molecule has 0 radical (unpaired) electrons. The van der Waals surface area contributed by atoms with Crippen molar-refractivity contribution in [3.8, 4) is 6.07 Å². The van der Waals surface area contributed by atoms with Crippen molar-refractivity contribution in [2.45, 2.75) is 68.7 Å². The van der Waals surface area contributed by atoms with Crippen LogP contribution < -0.4 is 9.80 Å². The fraction of sp³-hybridized carbons (Fsp3) is 0.571. The largest absolute Gasteiger partial charge is 0.444 e. The van der Waals surface area contributed by atoms with Gasteiger partial charge in [0.1, 0.15) is 11.4 Å². The van der Waals surface area contributed by atoms with Gasteiger partial charge in [-0.15, -0.1) is 0 Å². The molecule has 5 rings (SSSR count). The topological polar surface area (TPSA) is 85.6 Å². The van der Waals surface area contributed by atoms with Gasteiger partial charge in [-0.2, -0.15) is 5.26 Å². The maximum absolute atomic E-state index is 12.9. The Hall–Kier alpha value is -2.99. The molecule has 1 fully saturated rings. The minimum atomic E-state index is -0.576. The van der Waals surface area contributed by atoms with E-state index < -0.39 is 5.60 Å². The summed E-state index contributed by atoms with van der Waals surface area (Å²) in [5.41, 5.74) is 4.59. The van der Waals surface area contributed by atoms with Crippen LogP contribution in [0.25, 0.3) is 0 Å². The summed E-state index contributed by atoms with van der Waals surface area (Å²) >= 11 is 1.56. The Labute approximate surface area is 224 Å². The number of thioether (sulfide) groups is 1. The summed E-state index contributed by atoms with van der Waals surface area (Å²) in [6.07, 6.45) is 4.78. The van der Waals surface area contributed by atoms with Crippen LogP contribution in [0.5, 0.6) is 0 Å². The molecule has 1 saturated heterocycles. The smallest absolute Gasteiger partial charge is 0.410 e. The van der Waals surface area contributed by atoms with E-state index in [1.807, 2.05) is 27.0 Å². The number of hydrogen-bond donors (Lipinski definition) is 0. The summed E-state index contributed by atoms with van der Waals surface area (Å²) in [7, 11) is 2.18. The Balaban J connectivity index is 1.44. The van der Waals surface area contributed by atoms with Crippen molar-refractivity contribution in [3.63, 3.8) is 0 Å². The zero-order valence-electron chi connectivity index (χ0n) is 22.5. The average molecular weight is 521 g/mol. The quantitative estimate of drug-likeness (QED) is 0.435. The molecule has 37 heavy (non-hydrogen) atoms. The van der Waals surface area contributed by atoms with E-state index in [-0.39, 0.29) is 24.0 Å². The number of aromatic nitrogens is 2. The Kier molecular flexibility index (Phi) is 6.73. The van der Waals surface area contributed by atoms with E-state index in [4.69, 9.17) is 14.7 Å². The normalized spacial score (nSPS) is 23.0. The number of carbonyl (C=O) groups excluding carboxylic acids is 1. The molecule has 1 aromatic heterocycles. The van der Waals surface area contributed by atoms with Crippen molar-refractivity contribution in [2.75, 3.05) is 49.3 Å². The first-order chi connectivity index (χ1) is 17.6. The number of amides is 1. The Bertz CT molecular complexity index is 1240. The molecule has 1 aromatic carbocycles. The predicted octanol–water partition coefficient (Wildman–Crippen LogP) is 4.41. The monoisotopic (exact) mass is 520 g/mol. The van der Waals surface area contributed by atoms with Crippen LogP contribution in [0.2, 0.25) is 0 Å². The lowest BCUT2D eigenvalue weighted by Gasteiger charge is -2.43. The van der Waals surface area contributed by atoms with E-state index in [2.05, 4.69) is 47.2 Å². The molecule has 9 heteroatoms. The first-order valence-corrected chi connectivity index (χ1v) is 14.2. The van der Waals surface area contributed by atoms with Gasteiger partial charge in [-0.25, -0.2) is 14.8 Å². The first kappa shape index (κ1) is 25.7. The van der Waals surface area contributed by atoms with E-state index in [0.29, 0.717) is 19.6 Å². The van der Waals surface area contributed by atoms with E-state index >= 15 is 0 Å². The van der Waals surface area contributed by atoms with Crippen LogP contribution in [-0.4, -0.2) is 72.1 Å². The SMILES string of the molecule is CSc1nc2c(c(N3CCN(C(=O)OC(C)(C)C)[C@@H](CC#N)C3)n1)CCC1(C2)CN(C)c2ccccc21. The lowest BCUT2D eigenvalue weighted by Crippen LogP contribution is -2.56. The van der Waals surface area contributed by atoms with Gasteiger partial charge in [0.25, 0.3) is 0 Å². The van der Waals surface area contributed by atoms with Gasteiger partial charge in [0, 0.05) is 56.3 Å². The molecule has 1 unspecified atom stereocenters. The Morgan fingerprint density at radius 3 is 2.78 bits per heavy atom. The summed E-state index contributed by atoms with van der Waals surface area (Å²) in [6, 6.07) is 10.8. The number of anilines is 2. The summed E-state index contributed by atoms with van der Waals surface area (Å²) in [5.74, 6) is 0.968. The van der Waals surface area contributed by atoms with Crippen molar-refractivity contribution in [3.05, 3.63) is 41.1 Å². The molecule has 1 aliphatic carbocycles. The van der Waals surface area contributed by atoms with Gasteiger partial charge in [0.15, 0.2) is 5.16 Å². The van der Waals surface area contributed by atoms with E-state index in [1.165, 1.54) is 16.8 Å². The number of rotatable bonds is 3. The molecule has 2 atom stereocenters. The van der Waals surface area contributed by atoms with Crippen LogP contribution >= 0.6 is 11.8 Å². The number of likely N-dealkylation sites (N-methyl/N-ethyl adjacent to an activating group) is 1. The van der Waals surface area contributed by atoms with Gasteiger partial charge >= 0.3 is 6.09 Å². The molecule has 1 amide bonds. The minimum Gasteiger partial charge on any atom is -0.444 e. The highest BCUT2D eigenvalue weighted by Crippen LogP contribution is 2.48. The number of fused-ring (bicyclic) bond motifs is 3. The number of ether oxygens (including phenoxy) is 1.